The normalized spacial score (nSPS) is 14.5. The summed E-state index contributed by atoms with van der Waals surface area (Å²) in [4.78, 5) is 20.0. The number of nitrogens with zero attached hydrogens (tertiary/aromatic N) is 1. The molecule has 0 aliphatic heterocycles. The maximum absolute atomic E-state index is 12.9. The van der Waals surface area contributed by atoms with Crippen molar-refractivity contribution in [1.82, 2.24) is 0 Å². The van der Waals surface area contributed by atoms with Gasteiger partial charge in [0.2, 0.25) is 5.60 Å². The second-order valence-electron chi connectivity index (χ2n) is 3.70. The Bertz CT molecular complexity index is 499. The molecule has 19 heavy (non-hydrogen) atoms. The van der Waals surface area contributed by atoms with E-state index in [-0.39, 0.29) is 0 Å². The average molecular weight is 279 g/mol. The van der Waals surface area contributed by atoms with E-state index in [0.717, 1.165) is 24.3 Å². The Hall–Kier alpha value is -2.32. The van der Waals surface area contributed by atoms with E-state index in [9.17, 15) is 28.1 Å². The molecule has 0 aromatic heterocycles. The van der Waals surface area contributed by atoms with Crippen LogP contribution in [0.2, 0.25) is 0 Å². The minimum atomic E-state index is -5.00. The van der Waals surface area contributed by atoms with E-state index in [2.05, 4.69) is 4.74 Å². The third-order valence-corrected chi connectivity index (χ3v) is 2.46. The lowest BCUT2D eigenvalue weighted by Gasteiger charge is -2.30. The topological polar surface area (TPSA) is 89.7 Å². The molecule has 0 fully saturated rings. The lowest BCUT2D eigenvalue weighted by Crippen LogP contribution is -2.43. The van der Waals surface area contributed by atoms with E-state index in [1.54, 1.807) is 0 Å². The van der Waals surface area contributed by atoms with Gasteiger partial charge in [0, 0.05) is 17.7 Å². The van der Waals surface area contributed by atoms with Crippen LogP contribution in [0.4, 0.5) is 23.7 Å². The first kappa shape index (κ1) is 14.7. The summed E-state index contributed by atoms with van der Waals surface area (Å²) in [5.74, 6) is 0. The highest BCUT2D eigenvalue weighted by atomic mass is 19.4. The van der Waals surface area contributed by atoms with Crippen LogP contribution in [-0.2, 0) is 10.3 Å². The number of hydrogen-bond acceptors (Lipinski definition) is 4. The largest absolute Gasteiger partial charge is 0.506 e. The second kappa shape index (κ2) is 4.75. The van der Waals surface area contributed by atoms with Crippen LogP contribution in [0.5, 0.6) is 0 Å². The summed E-state index contributed by atoms with van der Waals surface area (Å²) < 4.78 is 42.6. The van der Waals surface area contributed by atoms with Crippen LogP contribution in [0.25, 0.3) is 0 Å². The number of rotatable bonds is 3. The molecule has 0 amide bonds. The fourth-order valence-corrected chi connectivity index (χ4v) is 1.36. The number of carboxylic acid groups (broad SMARTS) is 1. The van der Waals surface area contributed by atoms with Crippen LogP contribution >= 0.6 is 0 Å². The zero-order chi connectivity index (χ0) is 14.8. The number of carbonyl (C=O) groups is 1. The van der Waals surface area contributed by atoms with Crippen molar-refractivity contribution >= 4 is 11.8 Å². The van der Waals surface area contributed by atoms with Crippen molar-refractivity contribution in [1.29, 1.82) is 0 Å². The van der Waals surface area contributed by atoms with Crippen LogP contribution in [0.3, 0.4) is 0 Å². The number of alkyl halides is 3. The van der Waals surface area contributed by atoms with Crippen molar-refractivity contribution in [3.63, 3.8) is 0 Å². The van der Waals surface area contributed by atoms with Crippen LogP contribution in [-0.4, -0.2) is 22.4 Å². The first-order chi connectivity index (χ1) is 8.58. The number of hydrogen-bond donors (Lipinski definition) is 1. The molecule has 6 nitrogen and oxygen atoms in total. The molecule has 0 spiro atoms. The molecule has 0 bridgehead atoms. The van der Waals surface area contributed by atoms with E-state index < -0.39 is 34.1 Å². The SMILES string of the molecule is C[C@](OC(=O)O)(c1ccc([N+](=O)[O-])cc1)C(F)(F)F. The molecule has 1 atom stereocenters. The number of halogens is 3. The monoisotopic (exact) mass is 279 g/mol. The van der Waals surface area contributed by atoms with Gasteiger partial charge in [-0.1, -0.05) is 0 Å². The minimum absolute atomic E-state index is 0.413. The molecule has 9 heteroatoms. The lowest BCUT2D eigenvalue weighted by molar-refractivity contribution is -0.384. The Kier molecular flexibility index (Phi) is 3.68. The summed E-state index contributed by atoms with van der Waals surface area (Å²) in [6.07, 6.45) is -7.10. The summed E-state index contributed by atoms with van der Waals surface area (Å²) in [5, 5.41) is 18.8. The molecule has 104 valence electrons. The van der Waals surface area contributed by atoms with Crippen molar-refractivity contribution in [3.8, 4) is 0 Å². The van der Waals surface area contributed by atoms with Crippen LogP contribution in [0.1, 0.15) is 12.5 Å². The number of non-ortho nitro benzene ring substituents is 1. The Balaban J connectivity index is 3.26. The van der Waals surface area contributed by atoms with E-state index in [0.29, 0.717) is 6.92 Å². The molecule has 0 unspecified atom stereocenters. The van der Waals surface area contributed by atoms with Gasteiger partial charge in [-0.25, -0.2) is 4.79 Å². The third-order valence-electron chi connectivity index (χ3n) is 2.46. The predicted molar refractivity (Wildman–Crippen MR) is 55.6 cm³/mol. The zero-order valence-corrected chi connectivity index (χ0v) is 9.47. The highest BCUT2D eigenvalue weighted by Crippen LogP contribution is 2.42. The fraction of sp³-hybridized carbons (Fsp3) is 0.300. The van der Waals surface area contributed by atoms with Gasteiger partial charge < -0.3 is 9.84 Å². The summed E-state index contributed by atoms with van der Waals surface area (Å²) in [7, 11) is 0. The van der Waals surface area contributed by atoms with Gasteiger partial charge in [-0.15, -0.1) is 0 Å². The molecule has 1 N–H and O–H groups in total. The Labute approximate surface area is 104 Å². The van der Waals surface area contributed by atoms with Gasteiger partial charge in [0.1, 0.15) is 0 Å². The van der Waals surface area contributed by atoms with Crippen LogP contribution in [0, 0.1) is 10.1 Å². The first-order valence-electron chi connectivity index (χ1n) is 4.81. The van der Waals surface area contributed by atoms with Crippen LogP contribution in [0.15, 0.2) is 24.3 Å². The molecular formula is C10H8F3NO5. The van der Waals surface area contributed by atoms with E-state index in [1.165, 1.54) is 0 Å². The van der Waals surface area contributed by atoms with Crippen molar-refractivity contribution < 1.29 is 32.7 Å². The average Bonchev–Trinajstić information content (AvgIpc) is 2.26. The number of ether oxygens (including phenoxy) is 1. The molecule has 0 aliphatic rings. The lowest BCUT2D eigenvalue weighted by atomic mass is 9.95. The molecule has 0 aliphatic carbocycles. The standard InChI is InChI=1S/C10H8F3NO5/c1-9(10(11,12)13,19-8(15)16)6-2-4-7(5-3-6)14(17)18/h2-5H,1H3,(H,15,16)/t9-/m0/s1. The van der Waals surface area contributed by atoms with Gasteiger partial charge in [0.05, 0.1) is 4.92 Å². The first-order valence-corrected chi connectivity index (χ1v) is 4.81. The van der Waals surface area contributed by atoms with Gasteiger partial charge in [-0.2, -0.15) is 13.2 Å². The van der Waals surface area contributed by atoms with Crippen molar-refractivity contribution in [2.45, 2.75) is 18.7 Å². The number of nitro groups is 1. The van der Waals surface area contributed by atoms with Crippen molar-refractivity contribution in [2.24, 2.45) is 0 Å². The van der Waals surface area contributed by atoms with Gasteiger partial charge in [0.15, 0.2) is 0 Å². The Morgan fingerprint density at radius 1 is 1.32 bits per heavy atom. The van der Waals surface area contributed by atoms with Crippen molar-refractivity contribution in [3.05, 3.63) is 39.9 Å². The molecule has 1 aromatic rings. The van der Waals surface area contributed by atoms with Crippen molar-refractivity contribution in [2.75, 3.05) is 0 Å². The summed E-state index contributed by atoms with van der Waals surface area (Å²) in [5.41, 5.74) is -4.05. The molecule has 1 aromatic carbocycles. The predicted octanol–water partition coefficient (Wildman–Crippen LogP) is 3.07. The molecule has 0 saturated heterocycles. The number of nitro benzene ring substituents is 1. The van der Waals surface area contributed by atoms with E-state index >= 15 is 0 Å². The molecule has 1 rings (SSSR count). The summed E-state index contributed by atoms with van der Waals surface area (Å²) >= 11 is 0. The van der Waals surface area contributed by atoms with Gasteiger partial charge in [-0.05, 0) is 19.1 Å². The fourth-order valence-electron chi connectivity index (χ4n) is 1.36. The highest BCUT2D eigenvalue weighted by Gasteiger charge is 2.56. The van der Waals surface area contributed by atoms with E-state index in [4.69, 9.17) is 5.11 Å². The Morgan fingerprint density at radius 3 is 2.11 bits per heavy atom. The van der Waals surface area contributed by atoms with Gasteiger partial charge >= 0.3 is 12.3 Å². The molecule has 0 saturated carbocycles. The smallest absolute Gasteiger partial charge is 0.450 e. The maximum Gasteiger partial charge on any atom is 0.506 e. The summed E-state index contributed by atoms with van der Waals surface area (Å²) in [6.45, 7) is 0.530. The molecular weight excluding hydrogens is 271 g/mol. The Morgan fingerprint density at radius 2 is 1.79 bits per heavy atom. The summed E-state index contributed by atoms with van der Waals surface area (Å²) in [6, 6.07) is 3.28. The minimum Gasteiger partial charge on any atom is -0.450 e. The zero-order valence-electron chi connectivity index (χ0n) is 9.47. The van der Waals surface area contributed by atoms with Gasteiger partial charge in [-0.3, -0.25) is 10.1 Å². The molecule has 0 radical (unpaired) electrons. The second-order valence-corrected chi connectivity index (χ2v) is 3.70. The highest BCUT2D eigenvalue weighted by molar-refractivity contribution is 5.58. The number of benzene rings is 1. The quantitative estimate of drug-likeness (QED) is 0.521. The van der Waals surface area contributed by atoms with Gasteiger partial charge in [0.25, 0.3) is 5.69 Å². The van der Waals surface area contributed by atoms with Crippen LogP contribution < -0.4 is 0 Å². The maximum atomic E-state index is 12.9. The third kappa shape index (κ3) is 2.92. The molecule has 0 heterocycles. The van der Waals surface area contributed by atoms with E-state index in [1.807, 2.05) is 0 Å².